The Kier molecular flexibility index (Phi) is 3.46. The molecule has 0 saturated carbocycles. The average molecular weight is 265 g/mol. The molecule has 2 aromatic rings. The third-order valence-electron chi connectivity index (χ3n) is 3.63. The molecular formula is C18H19NO. The molecule has 1 heterocycles. The van der Waals surface area contributed by atoms with Crippen molar-refractivity contribution >= 4 is 11.3 Å². The molecule has 102 valence electrons. The normalized spacial score (nSPS) is 13.6. The van der Waals surface area contributed by atoms with E-state index in [2.05, 4.69) is 60.0 Å². The maximum absolute atomic E-state index is 5.80. The number of fused-ring (bicyclic) bond motifs is 1. The number of hydrogen-bond acceptors (Lipinski definition) is 2. The quantitative estimate of drug-likeness (QED) is 0.827. The summed E-state index contributed by atoms with van der Waals surface area (Å²) in [5.41, 5.74) is 4.70. The van der Waals surface area contributed by atoms with Crippen molar-refractivity contribution in [3.05, 3.63) is 66.2 Å². The Morgan fingerprint density at radius 3 is 2.75 bits per heavy atom. The number of nitrogens with zero attached hydrogens (tertiary/aromatic N) is 1. The molecule has 1 aliphatic heterocycles. The van der Waals surface area contributed by atoms with Gasteiger partial charge in [-0.05, 0) is 30.2 Å². The van der Waals surface area contributed by atoms with Gasteiger partial charge in [0.25, 0.3) is 0 Å². The largest absolute Gasteiger partial charge is 0.490 e. The van der Waals surface area contributed by atoms with E-state index in [0.29, 0.717) is 0 Å². The van der Waals surface area contributed by atoms with Gasteiger partial charge in [-0.3, -0.25) is 0 Å². The van der Waals surface area contributed by atoms with E-state index in [0.717, 1.165) is 36.6 Å². The molecule has 3 rings (SSSR count). The Morgan fingerprint density at radius 2 is 2.00 bits per heavy atom. The van der Waals surface area contributed by atoms with Crippen LogP contribution < -0.4 is 9.64 Å². The second-order valence-electron chi connectivity index (χ2n) is 5.22. The fourth-order valence-electron chi connectivity index (χ4n) is 2.51. The highest BCUT2D eigenvalue weighted by Crippen LogP contribution is 2.34. The Balaban J connectivity index is 1.88. The van der Waals surface area contributed by atoms with Crippen LogP contribution in [-0.4, -0.2) is 13.2 Å². The first-order chi connectivity index (χ1) is 9.74. The monoisotopic (exact) mass is 265 g/mol. The number of rotatable bonds is 3. The molecular weight excluding hydrogens is 246 g/mol. The zero-order valence-corrected chi connectivity index (χ0v) is 11.8. The van der Waals surface area contributed by atoms with E-state index >= 15 is 0 Å². The fraction of sp³-hybridized carbons (Fsp3) is 0.222. The number of hydrogen-bond donors (Lipinski definition) is 0. The van der Waals surface area contributed by atoms with Crippen LogP contribution in [0.15, 0.2) is 55.1 Å². The van der Waals surface area contributed by atoms with Crippen molar-refractivity contribution in [1.82, 2.24) is 0 Å². The summed E-state index contributed by atoms with van der Waals surface area (Å²) in [5.74, 6) is 0.965. The maximum Gasteiger partial charge on any atom is 0.143 e. The second-order valence-corrected chi connectivity index (χ2v) is 5.22. The summed E-state index contributed by atoms with van der Waals surface area (Å²) >= 11 is 0. The average Bonchev–Trinajstić information content (AvgIpc) is 2.48. The van der Waals surface area contributed by atoms with Crippen LogP contribution in [0.3, 0.4) is 0 Å². The van der Waals surface area contributed by atoms with Crippen molar-refractivity contribution in [3.63, 3.8) is 0 Å². The summed E-state index contributed by atoms with van der Waals surface area (Å²) in [6.45, 7) is 8.59. The summed E-state index contributed by atoms with van der Waals surface area (Å²) in [5, 5.41) is 0. The van der Waals surface area contributed by atoms with Gasteiger partial charge >= 0.3 is 0 Å². The van der Waals surface area contributed by atoms with Crippen molar-refractivity contribution in [2.75, 3.05) is 18.1 Å². The SMILES string of the molecule is C=C(C)c1ccc2c(c1)OCCN2Cc1ccccc1. The first kappa shape index (κ1) is 12.8. The summed E-state index contributed by atoms with van der Waals surface area (Å²) in [7, 11) is 0. The Bertz CT molecular complexity index is 619. The van der Waals surface area contributed by atoms with Crippen LogP contribution in [0.5, 0.6) is 5.75 Å². The molecule has 0 fully saturated rings. The van der Waals surface area contributed by atoms with Crippen LogP contribution in [-0.2, 0) is 6.54 Å². The molecule has 0 amide bonds. The minimum Gasteiger partial charge on any atom is -0.490 e. The number of anilines is 1. The highest BCUT2D eigenvalue weighted by molar-refractivity contribution is 5.69. The highest BCUT2D eigenvalue weighted by Gasteiger charge is 2.18. The number of ether oxygens (including phenoxy) is 1. The smallest absolute Gasteiger partial charge is 0.143 e. The summed E-state index contributed by atoms with van der Waals surface area (Å²) < 4.78 is 5.80. The van der Waals surface area contributed by atoms with Gasteiger partial charge in [0, 0.05) is 6.54 Å². The van der Waals surface area contributed by atoms with Gasteiger partial charge in [0.1, 0.15) is 12.4 Å². The Morgan fingerprint density at radius 1 is 1.20 bits per heavy atom. The molecule has 0 bridgehead atoms. The minimum atomic E-state index is 0.736. The molecule has 0 aliphatic carbocycles. The number of allylic oxidation sites excluding steroid dienone is 1. The predicted molar refractivity (Wildman–Crippen MR) is 84.1 cm³/mol. The Labute approximate surface area is 120 Å². The molecule has 0 saturated heterocycles. The lowest BCUT2D eigenvalue weighted by Crippen LogP contribution is -2.32. The standard InChI is InChI=1S/C18H19NO/c1-14(2)16-8-9-17-18(12-16)20-11-10-19(17)13-15-6-4-3-5-7-15/h3-9,12H,1,10-11,13H2,2H3. The van der Waals surface area contributed by atoms with Gasteiger partial charge < -0.3 is 9.64 Å². The molecule has 2 aromatic carbocycles. The summed E-state index contributed by atoms with van der Waals surface area (Å²) in [6, 6.07) is 16.9. The van der Waals surface area contributed by atoms with Gasteiger partial charge in [-0.2, -0.15) is 0 Å². The van der Waals surface area contributed by atoms with Gasteiger partial charge in [0.05, 0.1) is 12.2 Å². The maximum atomic E-state index is 5.80. The van der Waals surface area contributed by atoms with Crippen molar-refractivity contribution in [1.29, 1.82) is 0 Å². The van der Waals surface area contributed by atoms with Gasteiger partial charge in [0.2, 0.25) is 0 Å². The molecule has 0 spiro atoms. The van der Waals surface area contributed by atoms with Crippen molar-refractivity contribution in [2.24, 2.45) is 0 Å². The molecule has 2 heteroatoms. The fourth-order valence-corrected chi connectivity index (χ4v) is 2.51. The zero-order chi connectivity index (χ0) is 13.9. The van der Waals surface area contributed by atoms with Gasteiger partial charge in [-0.1, -0.05) is 48.6 Å². The lowest BCUT2D eigenvalue weighted by atomic mass is 10.1. The molecule has 2 nitrogen and oxygen atoms in total. The summed E-state index contributed by atoms with van der Waals surface area (Å²) in [6.07, 6.45) is 0. The van der Waals surface area contributed by atoms with Gasteiger partial charge in [-0.25, -0.2) is 0 Å². The lowest BCUT2D eigenvalue weighted by molar-refractivity contribution is 0.307. The first-order valence-electron chi connectivity index (χ1n) is 6.95. The lowest BCUT2D eigenvalue weighted by Gasteiger charge is -2.31. The molecule has 0 radical (unpaired) electrons. The predicted octanol–water partition coefficient (Wildman–Crippen LogP) is 4.12. The molecule has 0 aromatic heterocycles. The molecule has 1 aliphatic rings. The molecule has 0 N–H and O–H groups in total. The van der Waals surface area contributed by atoms with Crippen molar-refractivity contribution < 1.29 is 4.74 Å². The van der Waals surface area contributed by atoms with Crippen LogP contribution in [0.4, 0.5) is 5.69 Å². The highest BCUT2D eigenvalue weighted by atomic mass is 16.5. The second kappa shape index (κ2) is 5.41. The van der Waals surface area contributed by atoms with Gasteiger partial charge in [-0.15, -0.1) is 0 Å². The van der Waals surface area contributed by atoms with Crippen molar-refractivity contribution in [2.45, 2.75) is 13.5 Å². The zero-order valence-electron chi connectivity index (χ0n) is 11.8. The van der Waals surface area contributed by atoms with E-state index in [1.54, 1.807) is 0 Å². The van der Waals surface area contributed by atoms with E-state index in [9.17, 15) is 0 Å². The third-order valence-corrected chi connectivity index (χ3v) is 3.63. The van der Waals surface area contributed by atoms with Crippen LogP contribution in [0, 0.1) is 0 Å². The first-order valence-corrected chi connectivity index (χ1v) is 6.95. The third kappa shape index (κ3) is 2.55. The van der Waals surface area contributed by atoms with Gasteiger partial charge in [0.15, 0.2) is 0 Å². The number of benzene rings is 2. The van der Waals surface area contributed by atoms with Crippen LogP contribution in [0.2, 0.25) is 0 Å². The van der Waals surface area contributed by atoms with Crippen LogP contribution >= 0.6 is 0 Å². The topological polar surface area (TPSA) is 12.5 Å². The molecule has 0 unspecified atom stereocenters. The van der Waals surface area contributed by atoms with E-state index in [4.69, 9.17) is 4.74 Å². The Hall–Kier alpha value is -2.22. The summed E-state index contributed by atoms with van der Waals surface area (Å²) in [4.78, 5) is 2.37. The molecule has 20 heavy (non-hydrogen) atoms. The van der Waals surface area contributed by atoms with E-state index < -0.39 is 0 Å². The minimum absolute atomic E-state index is 0.736. The van der Waals surface area contributed by atoms with Crippen molar-refractivity contribution in [3.8, 4) is 5.75 Å². The van der Waals surface area contributed by atoms with E-state index in [1.165, 1.54) is 11.3 Å². The van der Waals surface area contributed by atoms with Crippen LogP contribution in [0.25, 0.3) is 5.57 Å². The van der Waals surface area contributed by atoms with E-state index in [-0.39, 0.29) is 0 Å². The molecule has 0 atom stereocenters. The van der Waals surface area contributed by atoms with E-state index in [1.807, 2.05) is 6.92 Å². The van der Waals surface area contributed by atoms with Crippen LogP contribution in [0.1, 0.15) is 18.1 Å².